The fourth-order valence-electron chi connectivity index (χ4n) is 4.54. The summed E-state index contributed by atoms with van der Waals surface area (Å²) >= 11 is 0. The molecule has 0 radical (unpaired) electrons. The predicted molar refractivity (Wildman–Crippen MR) is 110 cm³/mol. The van der Waals surface area contributed by atoms with Crippen molar-refractivity contribution in [3.63, 3.8) is 0 Å². The van der Waals surface area contributed by atoms with Gasteiger partial charge in [-0.15, -0.1) is 12.4 Å². The van der Waals surface area contributed by atoms with Crippen LogP contribution in [0.25, 0.3) is 0 Å². The number of nitrogens with zero attached hydrogens (tertiary/aromatic N) is 1. The van der Waals surface area contributed by atoms with Crippen LogP contribution in [-0.2, 0) is 6.54 Å². The number of methoxy groups -OCH3 is 1. The zero-order valence-electron chi connectivity index (χ0n) is 15.6. The van der Waals surface area contributed by atoms with Crippen molar-refractivity contribution in [2.45, 2.75) is 50.4 Å². The highest BCUT2D eigenvalue weighted by molar-refractivity contribution is 5.97. The number of para-hydroxylation sites is 1. The number of halogens is 1. The molecule has 0 aromatic heterocycles. The van der Waals surface area contributed by atoms with E-state index in [1.165, 1.54) is 18.4 Å². The number of hydrogen-bond acceptors (Lipinski definition) is 3. The lowest BCUT2D eigenvalue weighted by atomic mass is 9.96. The average Bonchev–Trinajstić information content (AvgIpc) is 2.90. The van der Waals surface area contributed by atoms with Crippen LogP contribution in [0.15, 0.2) is 54.6 Å². The van der Waals surface area contributed by atoms with Gasteiger partial charge in [-0.25, -0.2) is 0 Å². The fraction of sp³-hybridized carbons (Fsp3) is 0.409. The van der Waals surface area contributed by atoms with Crippen LogP contribution in [0.1, 0.15) is 41.6 Å². The first-order valence-electron chi connectivity index (χ1n) is 9.48. The lowest BCUT2D eigenvalue weighted by Crippen LogP contribution is -2.50. The third-order valence-corrected chi connectivity index (χ3v) is 5.78. The zero-order valence-corrected chi connectivity index (χ0v) is 16.5. The van der Waals surface area contributed by atoms with E-state index in [9.17, 15) is 4.79 Å². The molecule has 5 heteroatoms. The maximum absolute atomic E-state index is 12.7. The summed E-state index contributed by atoms with van der Waals surface area (Å²) in [5, 5.41) is 3.25. The molecule has 2 heterocycles. The number of nitrogens with one attached hydrogen (secondary N) is 1. The van der Waals surface area contributed by atoms with E-state index in [0.29, 0.717) is 23.4 Å². The van der Waals surface area contributed by atoms with E-state index in [2.05, 4.69) is 40.5 Å². The SMILES string of the molecule is COc1ccccc1C(=O)NC1CC2CCC(C1)N2Cc1ccccc1.Cl. The van der Waals surface area contributed by atoms with E-state index in [-0.39, 0.29) is 24.4 Å². The van der Waals surface area contributed by atoms with E-state index in [1.54, 1.807) is 7.11 Å². The Bertz CT molecular complexity index is 754. The summed E-state index contributed by atoms with van der Waals surface area (Å²) in [5.41, 5.74) is 2.00. The average molecular weight is 387 g/mol. The number of fused-ring (bicyclic) bond motifs is 2. The van der Waals surface area contributed by atoms with Gasteiger partial charge >= 0.3 is 0 Å². The van der Waals surface area contributed by atoms with Gasteiger partial charge in [-0.05, 0) is 43.4 Å². The van der Waals surface area contributed by atoms with E-state index < -0.39 is 0 Å². The number of carbonyl (C=O) groups is 1. The molecule has 0 spiro atoms. The van der Waals surface area contributed by atoms with Crippen LogP contribution in [-0.4, -0.2) is 36.0 Å². The Morgan fingerprint density at radius 3 is 2.33 bits per heavy atom. The Kier molecular flexibility index (Phi) is 6.40. The highest BCUT2D eigenvalue weighted by Crippen LogP contribution is 2.37. The number of rotatable bonds is 5. The van der Waals surface area contributed by atoms with Crippen LogP contribution in [0.3, 0.4) is 0 Å². The lowest BCUT2D eigenvalue weighted by molar-refractivity contribution is 0.0825. The Morgan fingerprint density at radius 1 is 1.04 bits per heavy atom. The number of carbonyl (C=O) groups excluding carboxylic acids is 1. The molecule has 2 unspecified atom stereocenters. The normalized spacial score (nSPS) is 24.1. The summed E-state index contributed by atoms with van der Waals surface area (Å²) < 4.78 is 5.32. The van der Waals surface area contributed by atoms with Crippen LogP contribution >= 0.6 is 12.4 Å². The quantitative estimate of drug-likeness (QED) is 0.843. The van der Waals surface area contributed by atoms with Gasteiger partial charge in [0, 0.05) is 24.7 Å². The van der Waals surface area contributed by atoms with Crippen LogP contribution in [0.5, 0.6) is 5.75 Å². The third-order valence-electron chi connectivity index (χ3n) is 5.78. The molecule has 4 rings (SSSR count). The zero-order chi connectivity index (χ0) is 17.9. The first-order valence-corrected chi connectivity index (χ1v) is 9.48. The molecule has 0 saturated carbocycles. The minimum Gasteiger partial charge on any atom is -0.496 e. The molecule has 4 nitrogen and oxygen atoms in total. The smallest absolute Gasteiger partial charge is 0.255 e. The van der Waals surface area contributed by atoms with Crippen molar-refractivity contribution in [2.75, 3.05) is 7.11 Å². The second kappa shape index (κ2) is 8.77. The molecule has 1 N–H and O–H groups in total. The second-order valence-electron chi connectivity index (χ2n) is 7.39. The summed E-state index contributed by atoms with van der Waals surface area (Å²) in [4.78, 5) is 15.3. The van der Waals surface area contributed by atoms with Crippen molar-refractivity contribution in [3.05, 3.63) is 65.7 Å². The number of piperidine rings is 1. The molecule has 0 aliphatic carbocycles. The highest BCUT2D eigenvalue weighted by atomic mass is 35.5. The summed E-state index contributed by atoms with van der Waals surface area (Å²) in [6.07, 6.45) is 4.53. The predicted octanol–water partition coefficient (Wildman–Crippen LogP) is 4.04. The summed E-state index contributed by atoms with van der Waals surface area (Å²) in [6, 6.07) is 19.5. The van der Waals surface area contributed by atoms with Crippen LogP contribution < -0.4 is 10.1 Å². The van der Waals surface area contributed by atoms with Gasteiger partial charge in [0.2, 0.25) is 0 Å². The second-order valence-corrected chi connectivity index (χ2v) is 7.39. The molecule has 2 fully saturated rings. The van der Waals surface area contributed by atoms with Gasteiger partial charge in [-0.2, -0.15) is 0 Å². The van der Waals surface area contributed by atoms with Crippen LogP contribution in [0, 0.1) is 0 Å². The fourth-order valence-corrected chi connectivity index (χ4v) is 4.54. The molecule has 27 heavy (non-hydrogen) atoms. The largest absolute Gasteiger partial charge is 0.496 e. The van der Waals surface area contributed by atoms with E-state index in [4.69, 9.17) is 4.74 Å². The van der Waals surface area contributed by atoms with Crippen molar-refractivity contribution in [1.29, 1.82) is 0 Å². The first kappa shape index (κ1) is 19.7. The molecule has 2 saturated heterocycles. The van der Waals surface area contributed by atoms with Gasteiger partial charge in [-0.3, -0.25) is 9.69 Å². The molecular weight excluding hydrogens is 360 g/mol. The lowest BCUT2D eigenvalue weighted by Gasteiger charge is -2.39. The number of benzene rings is 2. The van der Waals surface area contributed by atoms with E-state index >= 15 is 0 Å². The molecule has 2 aliphatic heterocycles. The Hall–Kier alpha value is -2.04. The molecule has 2 atom stereocenters. The van der Waals surface area contributed by atoms with Crippen molar-refractivity contribution in [1.82, 2.24) is 10.2 Å². The Morgan fingerprint density at radius 2 is 1.67 bits per heavy atom. The molecule has 144 valence electrons. The molecule has 2 aromatic rings. The van der Waals surface area contributed by atoms with E-state index in [1.807, 2.05) is 24.3 Å². The Labute approximate surface area is 167 Å². The van der Waals surface area contributed by atoms with Gasteiger partial charge in [0.15, 0.2) is 0 Å². The van der Waals surface area contributed by atoms with Gasteiger partial charge in [0.1, 0.15) is 5.75 Å². The highest BCUT2D eigenvalue weighted by Gasteiger charge is 2.41. The molecule has 1 amide bonds. The molecular formula is C22H27ClN2O2. The standard InChI is InChI=1S/C22H26N2O2.ClH/c1-26-21-10-6-5-9-20(21)22(25)23-17-13-18-11-12-19(14-17)24(18)15-16-7-3-2-4-8-16;/h2-10,17-19H,11-15H2,1H3,(H,23,25);1H. The molecule has 2 bridgehead atoms. The van der Waals surface area contributed by atoms with Crippen molar-refractivity contribution in [2.24, 2.45) is 0 Å². The minimum atomic E-state index is -0.0247. The van der Waals surface area contributed by atoms with Crippen molar-refractivity contribution < 1.29 is 9.53 Å². The van der Waals surface area contributed by atoms with Gasteiger partial charge in [-0.1, -0.05) is 42.5 Å². The number of amides is 1. The maximum atomic E-state index is 12.7. The summed E-state index contributed by atoms with van der Waals surface area (Å²) in [5.74, 6) is 0.609. The van der Waals surface area contributed by atoms with Crippen LogP contribution in [0.2, 0.25) is 0 Å². The number of ether oxygens (including phenoxy) is 1. The van der Waals surface area contributed by atoms with Gasteiger partial charge in [0.05, 0.1) is 12.7 Å². The van der Waals surface area contributed by atoms with Crippen LogP contribution in [0.4, 0.5) is 0 Å². The maximum Gasteiger partial charge on any atom is 0.255 e. The van der Waals surface area contributed by atoms with Crippen molar-refractivity contribution in [3.8, 4) is 5.75 Å². The van der Waals surface area contributed by atoms with Gasteiger partial charge < -0.3 is 10.1 Å². The van der Waals surface area contributed by atoms with Gasteiger partial charge in [0.25, 0.3) is 5.91 Å². The van der Waals surface area contributed by atoms with Crippen molar-refractivity contribution >= 4 is 18.3 Å². The summed E-state index contributed by atoms with van der Waals surface area (Å²) in [6.45, 7) is 1.02. The first-order chi connectivity index (χ1) is 12.7. The summed E-state index contributed by atoms with van der Waals surface area (Å²) in [7, 11) is 1.61. The minimum absolute atomic E-state index is 0. The number of hydrogen-bond donors (Lipinski definition) is 1. The monoisotopic (exact) mass is 386 g/mol. The van der Waals surface area contributed by atoms with E-state index in [0.717, 1.165) is 19.4 Å². The molecule has 2 aromatic carbocycles. The molecule has 2 aliphatic rings. The third kappa shape index (κ3) is 4.28. The Balaban J connectivity index is 0.00000210. The topological polar surface area (TPSA) is 41.6 Å².